The lowest BCUT2D eigenvalue weighted by Crippen LogP contribution is -2.30. The highest BCUT2D eigenvalue weighted by atomic mass is 80.0. The molecule has 4 nitrogen and oxygen atoms in total. The second kappa shape index (κ2) is 11.2. The van der Waals surface area contributed by atoms with E-state index >= 15 is 0 Å². The zero-order chi connectivity index (χ0) is 7.70. The van der Waals surface area contributed by atoms with E-state index in [1.165, 1.54) is 12.8 Å². The summed E-state index contributed by atoms with van der Waals surface area (Å²) in [5.74, 6) is 0. The highest BCUT2D eigenvalue weighted by Gasteiger charge is 1.86. The van der Waals surface area contributed by atoms with Gasteiger partial charge in [-0.05, 0) is 17.2 Å². The van der Waals surface area contributed by atoms with Crippen LogP contribution >= 0.6 is 0 Å². The highest BCUT2D eigenvalue weighted by Crippen LogP contribution is 1.77. The van der Waals surface area contributed by atoms with Crippen LogP contribution in [0.4, 0.5) is 0 Å². The van der Waals surface area contributed by atoms with E-state index in [1.54, 1.807) is 0 Å². The van der Waals surface area contributed by atoms with Gasteiger partial charge in [-0.25, -0.2) is 0 Å². The Hall–Kier alpha value is 0.320. The second-order valence-corrected chi connectivity index (χ2v) is 2.19. The second-order valence-electron chi connectivity index (χ2n) is 1.34. The molecule has 0 fully saturated rings. The molecule has 9 heavy (non-hydrogen) atoms. The van der Waals surface area contributed by atoms with Crippen molar-refractivity contribution < 1.29 is 27.4 Å². The van der Waals surface area contributed by atoms with E-state index in [0.717, 1.165) is 6.54 Å². The number of unbranched alkanes of at least 4 members (excludes halogenated alkanes) is 1. The van der Waals surface area contributed by atoms with Gasteiger partial charge < -0.3 is 14.1 Å². The van der Waals surface area contributed by atoms with Crippen LogP contribution in [0.15, 0.2) is 0 Å². The predicted molar refractivity (Wildman–Crippen MR) is 26.2 cm³/mol. The molecule has 0 aromatic rings. The predicted octanol–water partition coefficient (Wildman–Crippen LogP) is -2.19. The van der Waals surface area contributed by atoms with Gasteiger partial charge in [0.2, 0.25) is 0 Å². The van der Waals surface area contributed by atoms with Crippen molar-refractivity contribution in [3.8, 4) is 0 Å². The molecular weight excluding hydrogens is 190 g/mol. The maximum atomic E-state index is 8.63. The van der Waals surface area contributed by atoms with E-state index in [4.69, 9.17) is 18.3 Å². The van der Waals surface area contributed by atoms with Crippen LogP contribution in [0.3, 0.4) is 0 Å². The monoisotopic (exact) mass is 201 g/mol. The van der Waals surface area contributed by atoms with Gasteiger partial charge in [-0.3, -0.25) is 0 Å². The van der Waals surface area contributed by atoms with Crippen molar-refractivity contribution in [3.05, 3.63) is 0 Å². The van der Waals surface area contributed by atoms with E-state index in [2.05, 4.69) is 6.92 Å². The average Bonchev–Trinajstić information content (AvgIpc) is 1.66. The maximum Gasteiger partial charge on any atom is 0.433 e. The molecule has 5 heteroatoms. The van der Waals surface area contributed by atoms with Crippen LogP contribution in [-0.2, 0) is 0 Å². The SMILES string of the molecule is CCCCN.[O-][Br+2]([O-])O. The molecule has 0 bridgehead atoms. The van der Waals surface area contributed by atoms with Gasteiger partial charge in [0.1, 0.15) is 0 Å². The molecule has 0 rings (SSSR count). The first-order valence-electron chi connectivity index (χ1n) is 2.59. The molecule has 3 N–H and O–H groups in total. The lowest BCUT2D eigenvalue weighted by molar-refractivity contribution is -1.63. The third-order valence-electron chi connectivity index (χ3n) is 0.558. The van der Waals surface area contributed by atoms with Crippen LogP contribution in [0, 0.1) is 14.8 Å². The molecule has 0 aromatic heterocycles. The van der Waals surface area contributed by atoms with E-state index in [1.807, 2.05) is 0 Å². The molecule has 0 aliphatic carbocycles. The molecule has 0 unspecified atom stereocenters. The third-order valence-corrected chi connectivity index (χ3v) is 0.558. The Balaban J connectivity index is 0. The zero-order valence-electron chi connectivity index (χ0n) is 5.34. The maximum absolute atomic E-state index is 8.63. The first kappa shape index (κ1) is 12.0. The molecule has 0 saturated carbocycles. The molecule has 0 spiro atoms. The van der Waals surface area contributed by atoms with E-state index in [9.17, 15) is 0 Å². The Morgan fingerprint density at radius 2 is 1.89 bits per heavy atom. The minimum atomic E-state index is -3.40. The van der Waals surface area contributed by atoms with E-state index in [-0.39, 0.29) is 0 Å². The minimum Gasteiger partial charge on any atom is -0.372 e. The molecule has 0 heterocycles. The summed E-state index contributed by atoms with van der Waals surface area (Å²) < 4.78 is 24.3. The smallest absolute Gasteiger partial charge is 0.372 e. The topological polar surface area (TPSA) is 92.4 Å². The Bertz CT molecular complexity index is 40.0. The zero-order valence-corrected chi connectivity index (χ0v) is 6.93. The number of hydrogen-bond donors (Lipinski definition) is 2. The van der Waals surface area contributed by atoms with Crippen LogP contribution in [-0.4, -0.2) is 10.7 Å². The fourth-order valence-corrected chi connectivity index (χ4v) is 0.204. The Morgan fingerprint density at radius 1 is 1.56 bits per heavy atom. The molecule has 0 amide bonds. The van der Waals surface area contributed by atoms with Crippen LogP contribution in [0.5, 0.6) is 0 Å². The van der Waals surface area contributed by atoms with Gasteiger partial charge in [0.15, 0.2) is 0 Å². The molecule has 0 aromatic carbocycles. The van der Waals surface area contributed by atoms with Crippen molar-refractivity contribution in [2.24, 2.45) is 5.73 Å². The molecule has 58 valence electrons. The normalized spacial score (nSPS) is 8.67. The first-order valence-corrected chi connectivity index (χ1v) is 4.60. The lowest BCUT2D eigenvalue weighted by Gasteiger charge is -1.80. The lowest BCUT2D eigenvalue weighted by atomic mass is 10.3. The molecule has 0 saturated heterocycles. The summed E-state index contributed by atoms with van der Waals surface area (Å²) in [6.07, 6.45) is 2.39. The van der Waals surface area contributed by atoms with E-state index in [0.29, 0.717) is 0 Å². The van der Waals surface area contributed by atoms with Gasteiger partial charge in [0.25, 0.3) is 0 Å². The van der Waals surface area contributed by atoms with Crippen molar-refractivity contribution in [3.63, 3.8) is 0 Å². The Labute approximate surface area is 60.1 Å². The van der Waals surface area contributed by atoms with Crippen molar-refractivity contribution in [1.29, 1.82) is 0 Å². The summed E-state index contributed by atoms with van der Waals surface area (Å²) >= 11 is -3.40. The van der Waals surface area contributed by atoms with Gasteiger partial charge in [0.05, 0.1) is 0 Å². The molecular formula is C4H12BrNO3. The Kier molecular flexibility index (Phi) is 14.9. The highest BCUT2D eigenvalue weighted by molar-refractivity contribution is 4.29. The van der Waals surface area contributed by atoms with Crippen LogP contribution in [0.1, 0.15) is 19.8 Å². The number of hydrogen-bond acceptors (Lipinski definition) is 4. The first-order chi connectivity index (χ1) is 4.15. The molecule has 0 radical (unpaired) electrons. The summed E-state index contributed by atoms with van der Waals surface area (Å²) in [4.78, 5) is 0. The molecule has 0 atom stereocenters. The molecule has 0 aliphatic heterocycles. The number of nitrogens with two attached hydrogens (primary N) is 1. The quantitative estimate of drug-likeness (QED) is 0.532. The fourth-order valence-electron chi connectivity index (χ4n) is 0.204. The van der Waals surface area contributed by atoms with E-state index < -0.39 is 14.8 Å². The van der Waals surface area contributed by atoms with Crippen molar-refractivity contribution in [2.45, 2.75) is 19.8 Å². The molecule has 0 aliphatic rings. The van der Waals surface area contributed by atoms with Crippen LogP contribution < -0.4 is 14.1 Å². The summed E-state index contributed by atoms with van der Waals surface area (Å²) in [5, 5.41) is 0. The van der Waals surface area contributed by atoms with Gasteiger partial charge in [-0.15, -0.1) is 0 Å². The summed E-state index contributed by atoms with van der Waals surface area (Å²) in [7, 11) is 0. The summed E-state index contributed by atoms with van der Waals surface area (Å²) in [6.45, 7) is 2.98. The Morgan fingerprint density at radius 3 is 1.89 bits per heavy atom. The fraction of sp³-hybridized carbons (Fsp3) is 1.00. The van der Waals surface area contributed by atoms with Crippen LogP contribution in [0.2, 0.25) is 0 Å². The van der Waals surface area contributed by atoms with Crippen molar-refractivity contribution in [2.75, 3.05) is 6.54 Å². The summed E-state index contributed by atoms with van der Waals surface area (Å²) in [6, 6.07) is 0. The van der Waals surface area contributed by atoms with Gasteiger partial charge in [0, 0.05) is 0 Å². The average molecular weight is 202 g/mol. The standard InChI is InChI=1S/C4H11N.BrHO3/c1-2-3-4-5;2-1(3)4/h2-5H2,1H3;2H. The number of halogens is 1. The summed E-state index contributed by atoms with van der Waals surface area (Å²) in [5.41, 5.74) is 5.14. The van der Waals surface area contributed by atoms with Crippen molar-refractivity contribution >= 4 is 0 Å². The largest absolute Gasteiger partial charge is 0.433 e. The minimum absolute atomic E-state index is 0.844. The van der Waals surface area contributed by atoms with Gasteiger partial charge in [-0.1, -0.05) is 13.3 Å². The van der Waals surface area contributed by atoms with Crippen LogP contribution in [0.25, 0.3) is 0 Å². The third kappa shape index (κ3) is 61.7. The van der Waals surface area contributed by atoms with Gasteiger partial charge in [-0.2, -0.15) is 0 Å². The van der Waals surface area contributed by atoms with Crippen molar-refractivity contribution in [1.82, 2.24) is 0 Å². The number of rotatable bonds is 2. The van der Waals surface area contributed by atoms with Gasteiger partial charge >= 0.3 is 14.8 Å².